The highest BCUT2D eigenvalue weighted by Crippen LogP contribution is 2.44. The Kier molecular flexibility index (Phi) is 16.3. The maximum Gasteiger partial charge on any atom is 0.250 e. The number of hydrogen-bond donors (Lipinski definition) is 3. The van der Waals surface area contributed by atoms with Gasteiger partial charge in [0.05, 0.1) is 0 Å². The number of rotatable bonds is 16. The predicted octanol–water partition coefficient (Wildman–Crippen LogP) is 15.4. The molecule has 0 saturated heterocycles. The fourth-order valence-corrected chi connectivity index (χ4v) is 9.43. The fraction of sp³-hybridized carbons (Fsp3) is 0.182. The van der Waals surface area contributed by atoms with Gasteiger partial charge in [0.15, 0.2) is 40.3 Å². The lowest BCUT2D eigenvalue weighted by Crippen LogP contribution is -2.45. The minimum absolute atomic E-state index is 0.0170. The summed E-state index contributed by atoms with van der Waals surface area (Å²) in [5.74, 6) is 1.40. The van der Waals surface area contributed by atoms with Crippen LogP contribution in [0.2, 0.25) is 18.1 Å². The molecule has 13 heteroatoms. The molecule has 12 nitrogen and oxygen atoms in total. The van der Waals surface area contributed by atoms with Crippen molar-refractivity contribution in [1.29, 1.82) is 0 Å². The molecule has 10 aromatic rings. The van der Waals surface area contributed by atoms with Crippen LogP contribution in [0.15, 0.2) is 200 Å². The Morgan fingerprint density at radius 1 is 0.443 bits per heavy atom. The van der Waals surface area contributed by atoms with E-state index in [-0.39, 0.29) is 55.7 Å². The molecule has 0 aliphatic heterocycles. The monoisotopic (exact) mass is 1070 g/mol. The van der Waals surface area contributed by atoms with Gasteiger partial charge in [0, 0.05) is 11.1 Å². The number of hydrogen-bond acceptors (Lipinski definition) is 12. The largest absolute Gasteiger partial charge is 0.538 e. The van der Waals surface area contributed by atoms with E-state index in [9.17, 15) is 24.9 Å². The maximum absolute atomic E-state index is 14.0. The molecule has 3 N–H and O–H groups in total. The lowest BCUT2D eigenvalue weighted by atomic mass is 10.1. The highest BCUT2D eigenvalue weighted by molar-refractivity contribution is 6.74. The fourth-order valence-electron chi connectivity index (χ4n) is 8.43. The summed E-state index contributed by atoms with van der Waals surface area (Å²) in [7, 11) is -2.49. The first-order chi connectivity index (χ1) is 37.9. The quantitative estimate of drug-likeness (QED) is 0.0785. The lowest BCUT2D eigenvalue weighted by molar-refractivity contribution is 0.256. The van der Waals surface area contributed by atoms with Crippen molar-refractivity contribution in [1.82, 2.24) is 0 Å². The van der Waals surface area contributed by atoms with Crippen molar-refractivity contribution in [3.05, 3.63) is 236 Å². The van der Waals surface area contributed by atoms with Crippen LogP contribution in [0.4, 0.5) is 0 Å². The Balaban J connectivity index is 0.000000195. The van der Waals surface area contributed by atoms with E-state index >= 15 is 0 Å². The number of benzene rings is 8. The third-order valence-electron chi connectivity index (χ3n) is 13.7. The van der Waals surface area contributed by atoms with Crippen LogP contribution in [0.3, 0.4) is 0 Å². The summed E-state index contributed by atoms with van der Waals surface area (Å²) in [5, 5.41) is 31.5. The van der Waals surface area contributed by atoms with Crippen LogP contribution in [0, 0.1) is 13.8 Å². The SMILES string of the molecule is Cc1cc(O)c2c(=O)c(O)c(-c3ccc(OCc4ccccc4)c(OCc4ccccc4)c3)oc2c1.Cc1cc(O)c2c(=O)c(O[Si](C)(C)C(C)(C)C)c(-c3ccc(OCc4ccccc4)c(OCc4ccccc4)c3)oc2c1. The maximum atomic E-state index is 14.0. The van der Waals surface area contributed by atoms with Gasteiger partial charge in [-0.3, -0.25) is 9.59 Å². The van der Waals surface area contributed by atoms with Crippen LogP contribution in [0.1, 0.15) is 54.2 Å². The summed E-state index contributed by atoms with van der Waals surface area (Å²) >= 11 is 0. The topological polar surface area (TPSA) is 167 Å². The Hall–Kier alpha value is -9.20. The van der Waals surface area contributed by atoms with Crippen LogP contribution in [-0.4, -0.2) is 23.6 Å². The van der Waals surface area contributed by atoms with Gasteiger partial charge >= 0.3 is 0 Å². The highest BCUT2D eigenvalue weighted by Gasteiger charge is 2.41. The molecule has 0 spiro atoms. The van der Waals surface area contributed by atoms with Gasteiger partial charge in [0.25, 0.3) is 8.32 Å². The van der Waals surface area contributed by atoms with Crippen molar-refractivity contribution in [2.75, 3.05) is 0 Å². The molecule has 0 saturated carbocycles. The van der Waals surface area contributed by atoms with Gasteiger partial charge in [-0.1, -0.05) is 142 Å². The van der Waals surface area contributed by atoms with Gasteiger partial charge in [-0.2, -0.15) is 0 Å². The van der Waals surface area contributed by atoms with Crippen LogP contribution in [-0.2, 0) is 26.4 Å². The van der Waals surface area contributed by atoms with Crippen LogP contribution in [0.25, 0.3) is 44.6 Å². The van der Waals surface area contributed by atoms with Crippen LogP contribution in [0.5, 0.6) is 46.0 Å². The zero-order valence-electron chi connectivity index (χ0n) is 45.2. The van der Waals surface area contributed by atoms with Gasteiger partial charge in [-0.25, -0.2) is 0 Å². The minimum Gasteiger partial charge on any atom is -0.538 e. The molecule has 0 aliphatic carbocycles. The first-order valence-corrected chi connectivity index (χ1v) is 28.8. The van der Waals surface area contributed by atoms with Gasteiger partial charge in [-0.05, 0) is 126 Å². The Morgan fingerprint density at radius 2 is 0.797 bits per heavy atom. The summed E-state index contributed by atoms with van der Waals surface area (Å²) in [4.78, 5) is 26.9. The van der Waals surface area contributed by atoms with Gasteiger partial charge < -0.3 is 47.5 Å². The summed E-state index contributed by atoms with van der Waals surface area (Å²) in [5.41, 5.74) is 5.89. The third-order valence-corrected chi connectivity index (χ3v) is 18.0. The molecule has 0 bridgehead atoms. The molecule has 0 aliphatic rings. The Labute approximate surface area is 459 Å². The van der Waals surface area contributed by atoms with Crippen molar-refractivity contribution in [3.8, 4) is 68.6 Å². The van der Waals surface area contributed by atoms with E-state index in [1.54, 1.807) is 43.3 Å². The van der Waals surface area contributed by atoms with E-state index in [0.717, 1.165) is 33.4 Å². The van der Waals surface area contributed by atoms with Crippen LogP contribution < -0.4 is 34.2 Å². The number of phenolic OH excluding ortho intramolecular Hbond substituents is 2. The van der Waals surface area contributed by atoms with Crippen LogP contribution >= 0.6 is 0 Å². The second kappa shape index (κ2) is 23.6. The molecule has 0 fully saturated rings. The normalized spacial score (nSPS) is 11.4. The molecule has 79 heavy (non-hydrogen) atoms. The molecule has 402 valence electrons. The lowest BCUT2D eigenvalue weighted by Gasteiger charge is -2.36. The number of ether oxygens (including phenoxy) is 4. The van der Waals surface area contributed by atoms with Crippen molar-refractivity contribution in [2.45, 2.75) is 79.2 Å². The zero-order valence-corrected chi connectivity index (χ0v) is 46.2. The predicted molar refractivity (Wildman–Crippen MR) is 311 cm³/mol. The molecule has 0 atom stereocenters. The summed E-state index contributed by atoms with van der Waals surface area (Å²) < 4.78 is 43.6. The highest BCUT2D eigenvalue weighted by atomic mass is 28.4. The molecule has 0 radical (unpaired) electrons. The van der Waals surface area contributed by atoms with Gasteiger partial charge in [0.2, 0.25) is 16.6 Å². The molecule has 0 unspecified atom stereocenters. The first-order valence-electron chi connectivity index (χ1n) is 25.9. The number of phenols is 2. The third kappa shape index (κ3) is 12.8. The summed E-state index contributed by atoms with van der Waals surface area (Å²) in [6.45, 7) is 15.4. The van der Waals surface area contributed by atoms with E-state index in [0.29, 0.717) is 60.6 Å². The van der Waals surface area contributed by atoms with Crippen molar-refractivity contribution < 1.29 is 47.5 Å². The second-order valence-corrected chi connectivity index (χ2v) is 25.5. The van der Waals surface area contributed by atoms with E-state index < -0.39 is 24.9 Å². The molecular weight excluding hydrogens is 1010 g/mol. The summed E-state index contributed by atoms with van der Waals surface area (Å²) in [6, 6.07) is 56.3. The van der Waals surface area contributed by atoms with E-state index in [1.807, 2.05) is 146 Å². The molecule has 10 rings (SSSR count). The van der Waals surface area contributed by atoms with E-state index in [2.05, 4.69) is 33.9 Å². The van der Waals surface area contributed by atoms with Crippen molar-refractivity contribution in [3.63, 3.8) is 0 Å². The average molecular weight is 1080 g/mol. The van der Waals surface area contributed by atoms with Gasteiger partial charge in [0.1, 0.15) is 59.9 Å². The molecule has 8 aromatic carbocycles. The van der Waals surface area contributed by atoms with Gasteiger partial charge in [-0.15, -0.1) is 0 Å². The van der Waals surface area contributed by atoms with E-state index in [4.69, 9.17) is 32.2 Å². The minimum atomic E-state index is -2.49. The van der Waals surface area contributed by atoms with Crippen molar-refractivity contribution in [2.24, 2.45) is 0 Å². The van der Waals surface area contributed by atoms with E-state index in [1.165, 1.54) is 6.07 Å². The number of fused-ring (bicyclic) bond motifs is 2. The average Bonchev–Trinajstić information content (AvgIpc) is 3.48. The zero-order chi connectivity index (χ0) is 55.8. The first kappa shape index (κ1) is 54.6. The summed E-state index contributed by atoms with van der Waals surface area (Å²) in [6.07, 6.45) is 0. The second-order valence-electron chi connectivity index (χ2n) is 20.8. The standard InChI is InChI=1S/C36H38O6Si.C30H24O6/c1-24-19-28(37)32-31(20-24)41-34(35(33(32)38)42-43(5,6)36(2,3)4)27-17-18-29(39-22-25-13-9-7-10-14-25)30(21-27)40-23-26-15-11-8-12-16-26;1-19-14-23(31)27-26(15-19)36-30(29(33)28(27)32)22-12-13-24(34-17-20-8-4-2-5-9-20)25(16-22)35-18-21-10-6-3-7-11-21/h7-21,37H,22-23H2,1-6H3;2-16,31,33H,17-18H2,1H3. The molecule has 0 amide bonds. The Bertz CT molecular complexity index is 3870. The number of aromatic hydroxyl groups is 3. The molecule has 2 heterocycles. The molecule has 2 aromatic heterocycles. The molecular formula is C66H62O12Si. The number of aryl methyl sites for hydroxylation is 2. The Morgan fingerprint density at radius 3 is 1.19 bits per heavy atom. The van der Waals surface area contributed by atoms with Crippen molar-refractivity contribution >= 4 is 30.3 Å². The smallest absolute Gasteiger partial charge is 0.250 e.